The highest BCUT2D eigenvalue weighted by Crippen LogP contribution is 2.75. The topological polar surface area (TPSA) is 372 Å². The number of phosphoric acid groups is 1. The lowest BCUT2D eigenvalue weighted by Crippen LogP contribution is -2.73. The quantitative estimate of drug-likeness (QED) is 0.0119. The molecule has 93 heavy (non-hydrogen) atoms. The SMILES string of the molecule is CC(=O)C[C@@H](CCCCN)C(=O)N[C@H](C(=O)C[C@@H](CCCNC(N)=O)C(=O)Nc1ccc(COC(=O)N(C)CCN(C)C(=O)Oc2cc3c(c4cc[nH]c24)[C@H](CCl)CN3C(=O)C23CC(C(=O)N4C[C@@H](CCl)c5c4cc(OP(=O)(O)O)c4[nH]cc(C)c54)(C2)C3)cc1)C(C)C. The van der Waals surface area contributed by atoms with Gasteiger partial charge in [-0.15, -0.1) is 23.2 Å². The molecular formula is C64H82Cl2N11O15P. The highest BCUT2D eigenvalue weighted by Gasteiger charge is 2.76. The predicted octanol–water partition coefficient (Wildman–Crippen LogP) is 8.16. The molecule has 0 radical (unpaired) electrons. The van der Waals surface area contributed by atoms with Crippen molar-refractivity contribution in [2.75, 3.05) is 80.2 Å². The number of fused-ring (bicyclic) bond motifs is 6. The Morgan fingerprint density at radius 2 is 1.38 bits per heavy atom. The van der Waals surface area contributed by atoms with Gasteiger partial charge >= 0.3 is 26.0 Å². The summed E-state index contributed by atoms with van der Waals surface area (Å²) < 4.78 is 28.8. The smallest absolute Gasteiger partial charge is 0.445 e. The Morgan fingerprint density at radius 3 is 1.97 bits per heavy atom. The van der Waals surface area contributed by atoms with E-state index >= 15 is 0 Å². The molecule has 3 aliphatic carbocycles. The number of ether oxygens (including phenoxy) is 2. The minimum Gasteiger partial charge on any atom is -0.445 e. The molecule has 4 heterocycles. The molecule has 5 atom stereocenters. The number of rotatable bonds is 30. The second-order valence-electron chi connectivity index (χ2n) is 25.7. The third-order valence-electron chi connectivity index (χ3n) is 18.4. The number of benzene rings is 3. The molecule has 26 nitrogen and oxygen atoms in total. The second kappa shape index (κ2) is 28.9. The summed E-state index contributed by atoms with van der Waals surface area (Å²) in [6.07, 6.45) is 4.89. The summed E-state index contributed by atoms with van der Waals surface area (Å²) in [7, 11) is -1.96. The van der Waals surface area contributed by atoms with Crippen LogP contribution in [0, 0.1) is 35.5 Å². The van der Waals surface area contributed by atoms with Crippen molar-refractivity contribution in [3.63, 3.8) is 0 Å². The van der Waals surface area contributed by atoms with Crippen molar-refractivity contribution in [3.05, 3.63) is 77.1 Å². The van der Waals surface area contributed by atoms with Gasteiger partial charge in [-0.05, 0) is 112 Å². The number of nitrogens with two attached hydrogens (primary N) is 2. The van der Waals surface area contributed by atoms with Crippen molar-refractivity contribution in [1.82, 2.24) is 30.4 Å². The number of Topliss-reactive ketones (excluding diaryl/α,β-unsaturated/α-hetero) is 2. The molecule has 0 spiro atoms. The standard InChI is InChI=1S/C64H82Cl2N11O15P/c1-35(2)53(73-57(81)39(22-37(4)78)10-7-8-17-67)47(79)23-40(11-9-18-70-60(68)84)56(80)72-43-14-12-38(13-15-43)31-90-61(85)74(5)20-21-75(6)62(86)91-48-24-45-51(44-16-19-69-54(44)48)41(26-65)29-76(45)58(82)63-32-64(33-63,34-63)59(83)77-30-42(27-66)52-46(77)25-49(92-93(87,88)89)55-50(52)36(3)28-71-55/h12-16,19,24-25,28,35,39-42,53,69,71H,7-11,17-18,20-23,26-27,29-34,67H2,1-6H3,(H,72,80)(H,73,81)(H3,68,70,84)(H2,87,88,89)/t39-,40-,41-,42-,53+,63?,64?/m1/s1. The molecule has 2 bridgehead atoms. The summed E-state index contributed by atoms with van der Waals surface area (Å²) in [5.74, 6) is -3.73. The number of nitrogens with zero attached hydrogens (tertiary/aromatic N) is 4. The Morgan fingerprint density at radius 1 is 0.785 bits per heavy atom. The van der Waals surface area contributed by atoms with Gasteiger partial charge < -0.3 is 75.8 Å². The van der Waals surface area contributed by atoms with Crippen molar-refractivity contribution < 1.29 is 71.5 Å². The van der Waals surface area contributed by atoms with E-state index in [1.54, 1.807) is 66.4 Å². The molecule has 5 aliphatic rings. The van der Waals surface area contributed by atoms with E-state index in [1.807, 2.05) is 13.0 Å². The van der Waals surface area contributed by atoms with E-state index in [2.05, 4.69) is 25.9 Å². The van der Waals surface area contributed by atoms with Gasteiger partial charge in [-0.25, -0.2) is 18.9 Å². The first-order valence-corrected chi connectivity index (χ1v) is 33.8. The third kappa shape index (κ3) is 15.1. The summed E-state index contributed by atoms with van der Waals surface area (Å²) in [5, 5.41) is 9.59. The molecule has 0 saturated heterocycles. The highest BCUT2D eigenvalue weighted by atomic mass is 35.5. The number of unbranched alkanes of at least 4 members (excludes halogenated alkanes) is 1. The Labute approximate surface area is 548 Å². The number of nitrogens with one attached hydrogen (secondary N) is 5. The average Bonchev–Trinajstić information content (AvgIpc) is 1.44. The van der Waals surface area contributed by atoms with Crippen LogP contribution in [0.4, 0.5) is 31.4 Å². The van der Waals surface area contributed by atoms with Gasteiger partial charge in [-0.1, -0.05) is 32.4 Å². The molecular weight excluding hydrogens is 1260 g/mol. The van der Waals surface area contributed by atoms with E-state index in [0.717, 1.165) is 16.7 Å². The maximum absolute atomic E-state index is 14.9. The van der Waals surface area contributed by atoms with Crippen LogP contribution in [0.5, 0.6) is 11.5 Å². The van der Waals surface area contributed by atoms with Gasteiger partial charge in [-0.3, -0.25) is 33.8 Å². The number of anilines is 3. The lowest BCUT2D eigenvalue weighted by atomic mass is 9.34. The van der Waals surface area contributed by atoms with Crippen LogP contribution in [-0.4, -0.2) is 154 Å². The van der Waals surface area contributed by atoms with E-state index in [0.29, 0.717) is 76.7 Å². The molecule has 3 aromatic carbocycles. The van der Waals surface area contributed by atoms with Crippen LogP contribution < -0.4 is 46.5 Å². The molecule has 5 aromatic rings. The normalized spacial score (nSPS) is 19.6. The molecule has 8 amide bonds. The minimum absolute atomic E-state index is 0.0233. The van der Waals surface area contributed by atoms with Crippen molar-refractivity contribution in [2.45, 2.75) is 116 Å². The summed E-state index contributed by atoms with van der Waals surface area (Å²) in [4.78, 5) is 153. The van der Waals surface area contributed by atoms with Crippen LogP contribution >= 0.6 is 31.0 Å². The second-order valence-corrected chi connectivity index (χ2v) is 27.5. The fraction of sp³-hybridized carbons (Fsp3) is 0.516. The number of H-pyrrole nitrogens is 2. The number of aromatic amines is 2. The Balaban J connectivity index is 0.779. The first-order chi connectivity index (χ1) is 44.1. The number of amides is 8. The van der Waals surface area contributed by atoms with Gasteiger partial charge in [0.1, 0.15) is 12.4 Å². The first-order valence-electron chi connectivity index (χ1n) is 31.2. The number of urea groups is 1. The van der Waals surface area contributed by atoms with Crippen LogP contribution in [-0.2, 0) is 44.7 Å². The number of alkyl halides is 2. The molecule has 502 valence electrons. The number of carbonyl (C=O) groups is 9. The summed E-state index contributed by atoms with van der Waals surface area (Å²) in [5.41, 5.74) is 14.5. The molecule has 0 unspecified atom stereocenters. The number of hydrogen-bond acceptors (Lipinski definition) is 14. The number of aromatic nitrogens is 2. The van der Waals surface area contributed by atoms with Crippen molar-refractivity contribution in [3.8, 4) is 11.5 Å². The van der Waals surface area contributed by atoms with Gasteiger partial charge in [0.25, 0.3) is 0 Å². The van der Waals surface area contributed by atoms with Crippen molar-refractivity contribution in [1.29, 1.82) is 0 Å². The molecule has 2 aromatic heterocycles. The van der Waals surface area contributed by atoms with E-state index in [-0.39, 0.29) is 142 Å². The Hall–Kier alpha value is -7.74. The number of aryl methyl sites for hydroxylation is 1. The number of likely N-dealkylation sites (N-methyl/N-ethyl adjacent to an activating group) is 2. The zero-order chi connectivity index (χ0) is 67.4. The first kappa shape index (κ1) is 69.6. The number of ketones is 2. The van der Waals surface area contributed by atoms with Gasteiger partial charge in [0.05, 0.1) is 39.3 Å². The fourth-order valence-corrected chi connectivity index (χ4v) is 14.6. The molecule has 29 heteroatoms. The summed E-state index contributed by atoms with van der Waals surface area (Å²) in [6, 6.07) is 9.83. The van der Waals surface area contributed by atoms with Gasteiger partial charge in [0.2, 0.25) is 23.6 Å². The monoisotopic (exact) mass is 1350 g/mol. The number of phosphoric ester groups is 1. The van der Waals surface area contributed by atoms with Gasteiger partial charge in [0, 0.05) is 136 Å². The molecule has 3 saturated carbocycles. The van der Waals surface area contributed by atoms with E-state index in [4.69, 9.17) is 48.7 Å². The lowest BCUT2D eigenvalue weighted by Gasteiger charge is -2.69. The molecule has 3 fully saturated rings. The number of hydrogen-bond donors (Lipinski definition) is 9. The van der Waals surface area contributed by atoms with Gasteiger partial charge in [0.15, 0.2) is 17.3 Å². The average molecular weight is 1350 g/mol. The molecule has 10 rings (SSSR count). The fourth-order valence-electron chi connectivity index (χ4n) is 13.7. The maximum atomic E-state index is 14.9. The third-order valence-corrected chi connectivity index (χ3v) is 19.6. The van der Waals surface area contributed by atoms with Crippen molar-refractivity contribution in [2.24, 2.45) is 40.1 Å². The minimum atomic E-state index is -4.99. The van der Waals surface area contributed by atoms with Crippen molar-refractivity contribution >= 4 is 123 Å². The molecule has 2 aliphatic heterocycles. The summed E-state index contributed by atoms with van der Waals surface area (Å²) in [6.45, 7) is 7.86. The highest BCUT2D eigenvalue weighted by molar-refractivity contribution is 7.46. The van der Waals surface area contributed by atoms with E-state index < -0.39 is 66.6 Å². The van der Waals surface area contributed by atoms with E-state index in [9.17, 15) is 57.5 Å². The lowest BCUT2D eigenvalue weighted by molar-refractivity contribution is -0.205. The van der Waals surface area contributed by atoms with Gasteiger partial charge in [-0.2, -0.15) is 0 Å². The Kier molecular flexibility index (Phi) is 21.6. The number of primary amides is 1. The maximum Gasteiger partial charge on any atom is 0.524 e. The van der Waals surface area contributed by atoms with Crippen LogP contribution in [0.3, 0.4) is 0 Å². The van der Waals surface area contributed by atoms with Crippen LogP contribution in [0.15, 0.2) is 54.9 Å². The zero-order valence-electron chi connectivity index (χ0n) is 52.9. The molecule has 11 N–H and O–H groups in total. The largest absolute Gasteiger partial charge is 0.524 e. The number of halogens is 2. The predicted molar refractivity (Wildman–Crippen MR) is 349 cm³/mol. The van der Waals surface area contributed by atoms with Crippen LogP contribution in [0.25, 0.3) is 21.8 Å². The van der Waals surface area contributed by atoms with Crippen LogP contribution in [0.2, 0.25) is 0 Å². The summed E-state index contributed by atoms with van der Waals surface area (Å²) >= 11 is 13.1. The number of carbonyl (C=O) groups excluding carboxylic acids is 9. The van der Waals surface area contributed by atoms with E-state index in [1.165, 1.54) is 36.9 Å². The Bertz CT molecular complexity index is 3740. The van der Waals surface area contributed by atoms with Crippen LogP contribution in [0.1, 0.15) is 119 Å². The zero-order valence-corrected chi connectivity index (χ0v) is 55.3.